The van der Waals surface area contributed by atoms with Crippen LogP contribution < -0.4 is 10.6 Å². The molecule has 0 aliphatic carbocycles. The zero-order valence-electron chi connectivity index (χ0n) is 15.8. The number of para-hydroxylation sites is 1. The Morgan fingerprint density at radius 1 is 0.933 bits per heavy atom. The van der Waals surface area contributed by atoms with Gasteiger partial charge in [0.2, 0.25) is 0 Å². The highest BCUT2D eigenvalue weighted by molar-refractivity contribution is 6.07. The average molecular weight is 403 g/mol. The summed E-state index contributed by atoms with van der Waals surface area (Å²) in [5, 5.41) is 25.1. The summed E-state index contributed by atoms with van der Waals surface area (Å²) in [5.41, 5.74) is 2.07. The molecule has 0 unspecified atom stereocenters. The van der Waals surface area contributed by atoms with Crippen LogP contribution in [0.25, 0.3) is 11.0 Å². The maximum absolute atomic E-state index is 12.6. The zero-order chi connectivity index (χ0) is 21.3. The lowest BCUT2D eigenvalue weighted by Crippen LogP contribution is -2.15. The Kier molecular flexibility index (Phi) is 4.81. The lowest BCUT2D eigenvalue weighted by molar-refractivity contribution is 0.0996. The van der Waals surface area contributed by atoms with Crippen molar-refractivity contribution in [2.24, 2.45) is 0 Å². The number of carbonyl (C=O) groups excluding carboxylic acids is 2. The molecule has 4 rings (SSSR count). The van der Waals surface area contributed by atoms with Crippen LogP contribution in [0.4, 0.5) is 11.4 Å². The van der Waals surface area contributed by atoms with Crippen LogP contribution in [-0.4, -0.2) is 27.0 Å². The SMILES string of the molecule is Cc1ncc(NC(=O)c2ccc(O)c(O)c2)cc1NC(=O)c1cc2ccccc2o1. The Balaban J connectivity index is 1.53. The van der Waals surface area contributed by atoms with E-state index in [2.05, 4.69) is 15.6 Å². The second kappa shape index (κ2) is 7.59. The topological polar surface area (TPSA) is 125 Å². The first-order valence-corrected chi connectivity index (χ1v) is 9.00. The van der Waals surface area contributed by atoms with Gasteiger partial charge in [0.25, 0.3) is 11.8 Å². The van der Waals surface area contributed by atoms with Gasteiger partial charge in [-0.2, -0.15) is 0 Å². The lowest BCUT2D eigenvalue weighted by Gasteiger charge is -2.10. The average Bonchev–Trinajstić information content (AvgIpc) is 3.17. The van der Waals surface area contributed by atoms with Crippen molar-refractivity contribution in [3.05, 3.63) is 77.8 Å². The van der Waals surface area contributed by atoms with Crippen LogP contribution in [0.5, 0.6) is 11.5 Å². The second-order valence-electron chi connectivity index (χ2n) is 6.62. The number of anilines is 2. The van der Waals surface area contributed by atoms with Gasteiger partial charge in [0.15, 0.2) is 17.3 Å². The van der Waals surface area contributed by atoms with Gasteiger partial charge >= 0.3 is 0 Å². The van der Waals surface area contributed by atoms with Crippen molar-refractivity contribution in [2.75, 3.05) is 10.6 Å². The molecule has 0 bridgehead atoms. The number of aryl methyl sites for hydroxylation is 1. The van der Waals surface area contributed by atoms with Crippen LogP contribution in [0.15, 0.2) is 65.2 Å². The van der Waals surface area contributed by atoms with Crippen molar-refractivity contribution in [3.63, 3.8) is 0 Å². The van der Waals surface area contributed by atoms with Crippen LogP contribution in [0.3, 0.4) is 0 Å². The lowest BCUT2D eigenvalue weighted by atomic mass is 10.2. The number of hydrogen-bond acceptors (Lipinski definition) is 6. The van der Waals surface area contributed by atoms with E-state index in [-0.39, 0.29) is 17.1 Å². The number of pyridine rings is 1. The molecular weight excluding hydrogens is 386 g/mol. The van der Waals surface area contributed by atoms with E-state index in [0.29, 0.717) is 22.7 Å². The molecule has 2 aromatic carbocycles. The smallest absolute Gasteiger partial charge is 0.291 e. The molecule has 8 nitrogen and oxygen atoms in total. The van der Waals surface area contributed by atoms with E-state index >= 15 is 0 Å². The Morgan fingerprint density at radius 2 is 1.73 bits per heavy atom. The summed E-state index contributed by atoms with van der Waals surface area (Å²) in [7, 11) is 0. The zero-order valence-corrected chi connectivity index (χ0v) is 15.8. The van der Waals surface area contributed by atoms with E-state index in [4.69, 9.17) is 4.42 Å². The molecule has 0 spiro atoms. The molecule has 150 valence electrons. The van der Waals surface area contributed by atoms with Gasteiger partial charge in [0.05, 0.1) is 23.3 Å². The molecule has 2 amide bonds. The summed E-state index contributed by atoms with van der Waals surface area (Å²) < 4.78 is 5.57. The van der Waals surface area contributed by atoms with Gasteiger partial charge in [0, 0.05) is 10.9 Å². The highest BCUT2D eigenvalue weighted by Crippen LogP contribution is 2.26. The van der Waals surface area contributed by atoms with Crippen LogP contribution in [0.1, 0.15) is 26.6 Å². The fourth-order valence-electron chi connectivity index (χ4n) is 2.87. The van der Waals surface area contributed by atoms with Crippen LogP contribution in [0.2, 0.25) is 0 Å². The Morgan fingerprint density at radius 3 is 2.50 bits per heavy atom. The number of nitrogens with zero attached hydrogens (tertiary/aromatic N) is 1. The van der Waals surface area contributed by atoms with E-state index in [9.17, 15) is 19.8 Å². The number of fused-ring (bicyclic) bond motifs is 1. The number of benzene rings is 2. The number of nitrogens with one attached hydrogen (secondary N) is 2. The van der Waals surface area contributed by atoms with Gasteiger partial charge in [-0.3, -0.25) is 14.6 Å². The van der Waals surface area contributed by atoms with E-state index in [1.807, 2.05) is 18.2 Å². The van der Waals surface area contributed by atoms with E-state index < -0.39 is 17.6 Å². The molecule has 0 saturated heterocycles. The first-order chi connectivity index (χ1) is 14.4. The van der Waals surface area contributed by atoms with E-state index in [0.717, 1.165) is 11.5 Å². The molecule has 2 aromatic heterocycles. The molecule has 8 heteroatoms. The molecule has 0 atom stereocenters. The van der Waals surface area contributed by atoms with E-state index in [1.165, 1.54) is 18.3 Å². The number of amides is 2. The molecule has 0 radical (unpaired) electrons. The third kappa shape index (κ3) is 3.79. The fourth-order valence-corrected chi connectivity index (χ4v) is 2.87. The summed E-state index contributed by atoms with van der Waals surface area (Å²) in [6.45, 7) is 1.72. The number of aromatic hydroxyl groups is 2. The highest BCUT2D eigenvalue weighted by Gasteiger charge is 2.15. The molecule has 4 aromatic rings. The van der Waals surface area contributed by atoms with Gasteiger partial charge in [-0.15, -0.1) is 0 Å². The third-order valence-corrected chi connectivity index (χ3v) is 4.48. The number of rotatable bonds is 4. The molecule has 0 saturated carbocycles. The summed E-state index contributed by atoms with van der Waals surface area (Å²) in [5.74, 6) is -1.51. The minimum absolute atomic E-state index is 0.152. The van der Waals surface area contributed by atoms with Gasteiger partial charge in [-0.1, -0.05) is 18.2 Å². The number of furan rings is 1. The quantitative estimate of drug-likeness (QED) is 0.381. The summed E-state index contributed by atoms with van der Waals surface area (Å²) in [4.78, 5) is 29.2. The summed E-state index contributed by atoms with van der Waals surface area (Å²) in [6, 6.07) is 14.3. The highest BCUT2D eigenvalue weighted by atomic mass is 16.3. The summed E-state index contributed by atoms with van der Waals surface area (Å²) >= 11 is 0. The second-order valence-corrected chi connectivity index (χ2v) is 6.62. The number of hydrogen-bond donors (Lipinski definition) is 4. The maximum atomic E-state index is 12.6. The Labute approximate surface area is 170 Å². The third-order valence-electron chi connectivity index (χ3n) is 4.48. The predicted molar refractivity (Wildman–Crippen MR) is 111 cm³/mol. The molecule has 4 N–H and O–H groups in total. The summed E-state index contributed by atoms with van der Waals surface area (Å²) in [6.07, 6.45) is 1.45. The molecule has 30 heavy (non-hydrogen) atoms. The molecule has 0 aliphatic heterocycles. The number of phenolic OH excluding ortho intramolecular Hbond substituents is 2. The molecular formula is C22H17N3O5. The first-order valence-electron chi connectivity index (χ1n) is 9.00. The number of aromatic nitrogens is 1. The van der Waals surface area contributed by atoms with Crippen molar-refractivity contribution >= 4 is 34.2 Å². The fraction of sp³-hybridized carbons (Fsp3) is 0.0455. The normalized spacial score (nSPS) is 10.7. The van der Waals surface area contributed by atoms with Gasteiger partial charge in [-0.25, -0.2) is 0 Å². The number of carbonyl (C=O) groups is 2. The van der Waals surface area contributed by atoms with Crippen molar-refractivity contribution in [1.29, 1.82) is 0 Å². The molecule has 0 aliphatic rings. The molecule has 2 heterocycles. The predicted octanol–water partition coefficient (Wildman–Crippen LogP) is 4.05. The van der Waals surface area contributed by atoms with Crippen LogP contribution in [0, 0.1) is 6.92 Å². The van der Waals surface area contributed by atoms with Gasteiger partial charge < -0.3 is 25.3 Å². The standard InChI is InChI=1S/C22H17N3O5/c1-12-16(25-22(29)20-9-13-4-2-3-5-19(13)30-20)10-15(11-23-12)24-21(28)14-6-7-17(26)18(27)8-14/h2-11,26-27H,1H3,(H,24,28)(H,25,29). The van der Waals surface area contributed by atoms with E-state index in [1.54, 1.807) is 25.1 Å². The van der Waals surface area contributed by atoms with Crippen molar-refractivity contribution in [1.82, 2.24) is 4.98 Å². The Bertz CT molecular complexity index is 1250. The molecule has 0 fully saturated rings. The number of phenols is 2. The van der Waals surface area contributed by atoms with Crippen molar-refractivity contribution in [2.45, 2.75) is 6.92 Å². The Hall–Kier alpha value is -4.33. The largest absolute Gasteiger partial charge is 0.504 e. The van der Waals surface area contributed by atoms with Crippen LogP contribution >= 0.6 is 0 Å². The van der Waals surface area contributed by atoms with Crippen molar-refractivity contribution < 1.29 is 24.2 Å². The minimum atomic E-state index is -0.509. The first kappa shape index (κ1) is 19.0. The monoisotopic (exact) mass is 403 g/mol. The minimum Gasteiger partial charge on any atom is -0.504 e. The van der Waals surface area contributed by atoms with Gasteiger partial charge in [0.1, 0.15) is 5.58 Å². The maximum Gasteiger partial charge on any atom is 0.291 e. The van der Waals surface area contributed by atoms with Gasteiger partial charge in [-0.05, 0) is 43.3 Å². The van der Waals surface area contributed by atoms with Crippen molar-refractivity contribution in [3.8, 4) is 11.5 Å². The van der Waals surface area contributed by atoms with Crippen LogP contribution in [-0.2, 0) is 0 Å².